The maximum atomic E-state index is 14.9. The Balaban J connectivity index is 1.17. The van der Waals surface area contributed by atoms with Gasteiger partial charge in [0.2, 0.25) is 59.1 Å². The number of carboxylic acid groups (broad SMARTS) is 1. The molecule has 3 aliphatic rings. The summed E-state index contributed by atoms with van der Waals surface area (Å²) in [6, 6.07) is 7.49. The molecule has 2 aromatic carbocycles. The lowest BCUT2D eigenvalue weighted by atomic mass is 9.89. The number of carbonyl (C=O) groups is 12. The second-order valence-electron chi connectivity index (χ2n) is 27.2. The molecule has 0 aliphatic carbocycles. The lowest BCUT2D eigenvalue weighted by Gasteiger charge is -2.41. The van der Waals surface area contributed by atoms with Gasteiger partial charge in [0.15, 0.2) is 12.4 Å². The highest BCUT2D eigenvalue weighted by Gasteiger charge is 2.50. The molecule has 5 rings (SSSR count). The molecule has 102 heavy (non-hydrogen) atoms. The number of aliphatic hydroxyl groups excluding tert-OH is 4. The Morgan fingerprint density at radius 3 is 1.94 bits per heavy atom. The molecule has 0 aromatic heterocycles. The van der Waals surface area contributed by atoms with Gasteiger partial charge in [-0.05, 0) is 66.7 Å². The number of likely N-dealkylation sites (tertiary alicyclic amines) is 2. The van der Waals surface area contributed by atoms with E-state index in [0.29, 0.717) is 41.8 Å². The number of carboxylic acids is 1. The van der Waals surface area contributed by atoms with Crippen molar-refractivity contribution < 1.29 is 108 Å². The van der Waals surface area contributed by atoms with Gasteiger partial charge in [0.05, 0.1) is 49.3 Å². The average molecular weight is 1440 g/mol. The first-order valence-electron chi connectivity index (χ1n) is 35.0. The number of imide groups is 1. The van der Waals surface area contributed by atoms with Crippen LogP contribution < -0.4 is 31.9 Å². The molecule has 18 atom stereocenters. The molecule has 32 heteroatoms. The number of anilines is 1. The van der Waals surface area contributed by atoms with Crippen LogP contribution in [-0.2, 0) is 83.0 Å². The minimum Gasteiger partial charge on any atom is -0.479 e. The van der Waals surface area contributed by atoms with Gasteiger partial charge in [-0.1, -0.05) is 111 Å². The van der Waals surface area contributed by atoms with Crippen LogP contribution in [0.1, 0.15) is 133 Å². The lowest BCUT2D eigenvalue weighted by molar-refractivity contribution is -0.307. The fourth-order valence-electron chi connectivity index (χ4n) is 12.8. The van der Waals surface area contributed by atoms with Gasteiger partial charge in [-0.3, -0.25) is 57.7 Å². The molecule has 0 saturated carbocycles. The van der Waals surface area contributed by atoms with Crippen molar-refractivity contribution in [3.63, 3.8) is 0 Å². The van der Waals surface area contributed by atoms with Crippen LogP contribution in [0.5, 0.6) is 0 Å². The van der Waals surface area contributed by atoms with Gasteiger partial charge in [0.1, 0.15) is 61.7 Å². The summed E-state index contributed by atoms with van der Waals surface area (Å²) in [5.74, 6) is -10.6. The van der Waals surface area contributed by atoms with Gasteiger partial charge in [-0.2, -0.15) is 0 Å². The topological polar surface area (TPSA) is 437 Å². The predicted molar refractivity (Wildman–Crippen MR) is 366 cm³/mol. The zero-order chi connectivity index (χ0) is 77.0. The molecule has 568 valence electrons. The highest BCUT2D eigenvalue weighted by molar-refractivity contribution is 6.04. The maximum absolute atomic E-state index is 14.9. The number of hydrogen-bond donors (Lipinski definition) is 11. The van der Waals surface area contributed by atoms with Crippen molar-refractivity contribution >= 4 is 76.8 Å². The molecule has 0 bridgehead atoms. The number of nitrogens with one attached hydrogen (secondary N) is 6. The number of aliphatic hydroxyl groups is 4. The molecular formula is C70H106N10O22. The van der Waals surface area contributed by atoms with Crippen molar-refractivity contribution in [2.24, 2.45) is 29.6 Å². The number of amides is 11. The van der Waals surface area contributed by atoms with E-state index in [1.165, 1.54) is 38.3 Å². The quantitative estimate of drug-likeness (QED) is 0.0415. The first-order chi connectivity index (χ1) is 48.5. The van der Waals surface area contributed by atoms with Crippen LogP contribution in [-0.4, -0.2) is 256 Å². The van der Waals surface area contributed by atoms with E-state index in [4.69, 9.17) is 25.1 Å². The Morgan fingerprint density at radius 1 is 0.735 bits per heavy atom. The summed E-state index contributed by atoms with van der Waals surface area (Å²) in [5, 5.41) is 67.3. The van der Waals surface area contributed by atoms with E-state index < -0.39 is 200 Å². The minimum absolute atomic E-state index is 0.184. The molecule has 3 aliphatic heterocycles. The van der Waals surface area contributed by atoms with Gasteiger partial charge >= 0.3 is 12.1 Å². The Hall–Kier alpha value is -8.24. The molecule has 11 amide bonds. The first kappa shape index (κ1) is 82.7. The van der Waals surface area contributed by atoms with Crippen LogP contribution in [0, 0.1) is 29.6 Å². The Labute approximate surface area is 596 Å². The number of rotatable bonds is 37. The standard InChI is InChI=1S/C70H106N10O22/c1-15-39(8)56(47(98-13)32-52(86)79-31-19-22-46(79)60(99-14)40(9)63(90)72-41(10)61(43-20-17-16-18-21-43)101-69-59(89)57(87)58(88)62(102-69)68(95)96)77(11)67(94)54(37(4)5)76-66(93)55(38(6)7)78(12)70(97)100-35-42-23-25-44(26-24-42)73-64(91)45(34-81)74-65(92)53(36(2)3)75-48(82)29-30-71-49(83)33-80-50(84)27-28-51(80)85/h16-18,20-21,23-26,36-41,45-47,53-62,69,81,87-89H,15,19,22,27-35H2,1-14H3,(H,71,83)(H,72,90)(H,73,91)(H,74,92)(H,75,82)(H,76,93)(H,95,96)/t39-,40+,41+,45-,46-,47+,53-,54-,55-,56-,57-,58-,59+,60+,61+,62-,69+/m0/s1/i27T/t27?,39-,40+,41+,45-,46-,47+,53-,54-,55-,56-,57-,58-,59+,60+,61+,62-,69+. The third-order valence-corrected chi connectivity index (χ3v) is 18.8. The SMILES string of the molecule is [3H]C1CC(=O)N(CC(=O)NCCC(=O)N[C@H](C(=O)N[C@@H](CO)C(=O)Nc2ccc(COC(=O)N(C)[C@H](C(=O)N[C@H](C(=O)N(C)[C@@H]([C@@H](C)CC)[C@@H](CC(=O)N3CCC[C@H]3[C@H](OC)[C@@H](C)C(=O)N[C@H](C)[C@@H](O[C@@H]3O[C@H](C(=O)O)[C@@H](O)[C@H](O)[C@H]3O)c3ccccc3)OC)C(C)C)C(C)C)cc2)C(C)C)C1=O. The van der Waals surface area contributed by atoms with E-state index in [1.807, 2.05) is 13.8 Å². The molecule has 1 unspecified atom stereocenters. The molecule has 3 saturated heterocycles. The van der Waals surface area contributed by atoms with Gasteiger partial charge < -0.3 is 90.9 Å². The molecule has 0 radical (unpaired) electrons. The van der Waals surface area contributed by atoms with Crippen molar-refractivity contribution in [3.8, 4) is 0 Å². The summed E-state index contributed by atoms with van der Waals surface area (Å²) >= 11 is 0. The van der Waals surface area contributed by atoms with Crippen molar-refractivity contribution in [2.45, 2.75) is 212 Å². The van der Waals surface area contributed by atoms with Gasteiger partial charge in [0, 0.05) is 67.7 Å². The van der Waals surface area contributed by atoms with Crippen LogP contribution >= 0.6 is 0 Å². The van der Waals surface area contributed by atoms with Crippen LogP contribution in [0.3, 0.4) is 0 Å². The van der Waals surface area contributed by atoms with Crippen molar-refractivity contribution in [2.75, 3.05) is 59.9 Å². The van der Waals surface area contributed by atoms with Crippen LogP contribution in [0.25, 0.3) is 0 Å². The number of methoxy groups -OCH3 is 2. The number of likely N-dealkylation sites (N-methyl/N-ethyl adjacent to an activating group) is 2. The number of aliphatic carboxylic acids is 1. The summed E-state index contributed by atoms with van der Waals surface area (Å²) in [7, 11) is 5.86. The second kappa shape index (κ2) is 39.4. The van der Waals surface area contributed by atoms with Crippen LogP contribution in [0.2, 0.25) is 0 Å². The molecule has 3 heterocycles. The minimum atomic E-state index is -1.95. The van der Waals surface area contributed by atoms with Gasteiger partial charge in [-0.15, -0.1) is 0 Å². The third-order valence-electron chi connectivity index (χ3n) is 18.8. The monoisotopic (exact) mass is 1440 g/mol. The Bertz CT molecular complexity index is 3240. The van der Waals surface area contributed by atoms with Crippen LogP contribution in [0.4, 0.5) is 10.5 Å². The zero-order valence-electron chi connectivity index (χ0n) is 61.6. The highest BCUT2D eigenvalue weighted by Crippen LogP contribution is 2.33. The summed E-state index contributed by atoms with van der Waals surface area (Å²) in [6.45, 7) is 15.8. The smallest absolute Gasteiger partial charge is 0.410 e. The molecule has 11 N–H and O–H groups in total. The number of nitrogens with zero attached hydrogens (tertiary/aromatic N) is 4. The molecule has 32 nitrogen and oxygen atoms in total. The second-order valence-corrected chi connectivity index (χ2v) is 27.2. The fraction of sp³-hybridized carbons (Fsp3) is 0.657. The summed E-state index contributed by atoms with van der Waals surface area (Å²) in [6.07, 6.45) is -13.5. The molecule has 0 spiro atoms. The van der Waals surface area contributed by atoms with Crippen molar-refractivity contribution in [1.29, 1.82) is 0 Å². The largest absolute Gasteiger partial charge is 0.479 e. The maximum Gasteiger partial charge on any atom is 0.410 e. The van der Waals surface area contributed by atoms with Gasteiger partial charge in [0.25, 0.3) is 0 Å². The normalized spacial score (nSPS) is 22.5. The zero-order valence-corrected chi connectivity index (χ0v) is 60.6. The van der Waals surface area contributed by atoms with Gasteiger partial charge in [-0.25, -0.2) is 9.59 Å². The predicted octanol–water partition coefficient (Wildman–Crippen LogP) is 0.707. The summed E-state index contributed by atoms with van der Waals surface area (Å²) in [4.78, 5) is 165. The molecule has 3 fully saturated rings. The van der Waals surface area contributed by atoms with E-state index in [1.54, 1.807) is 110 Å². The average Bonchev–Trinajstić information content (AvgIpc) is 1.74. The van der Waals surface area contributed by atoms with E-state index in [2.05, 4.69) is 31.9 Å². The summed E-state index contributed by atoms with van der Waals surface area (Å²) < 4.78 is 36.9. The summed E-state index contributed by atoms with van der Waals surface area (Å²) in [5.41, 5.74) is 1.20. The van der Waals surface area contributed by atoms with E-state index >= 15 is 0 Å². The highest BCUT2D eigenvalue weighted by atomic mass is 16.7. The third kappa shape index (κ3) is 22.4. The Kier molecular flexibility index (Phi) is 32.0. The fourth-order valence-corrected chi connectivity index (χ4v) is 12.8. The first-order valence-corrected chi connectivity index (χ1v) is 34.4. The molecular weight excluding hydrogens is 1330 g/mol. The number of hydrogen-bond acceptors (Lipinski definition) is 21. The van der Waals surface area contributed by atoms with Crippen molar-refractivity contribution in [3.05, 3.63) is 65.7 Å². The number of carbonyl (C=O) groups excluding carboxylic acids is 11. The lowest BCUT2D eigenvalue weighted by Crippen LogP contribution is -2.61. The van der Waals surface area contributed by atoms with E-state index in [0.717, 1.165) is 4.90 Å². The Morgan fingerprint density at radius 2 is 1.38 bits per heavy atom. The van der Waals surface area contributed by atoms with E-state index in [9.17, 15) is 83.1 Å². The van der Waals surface area contributed by atoms with Crippen molar-refractivity contribution in [1.82, 2.24) is 46.2 Å². The van der Waals surface area contributed by atoms with E-state index in [-0.39, 0.29) is 49.9 Å². The van der Waals surface area contributed by atoms with Crippen LogP contribution in [0.15, 0.2) is 54.6 Å². The molecule has 2 aromatic rings. The number of ether oxygens (including phenoxy) is 5. The number of benzene rings is 2.